The van der Waals surface area contributed by atoms with Crippen molar-refractivity contribution < 1.29 is 9.90 Å². The van der Waals surface area contributed by atoms with Gasteiger partial charge in [-0.05, 0) is 40.5 Å². The van der Waals surface area contributed by atoms with Crippen LogP contribution in [0.3, 0.4) is 0 Å². The predicted molar refractivity (Wildman–Crippen MR) is 82.5 cm³/mol. The number of hydrogen-bond donors (Lipinski definition) is 2. The number of rotatable bonds is 3. The maximum absolute atomic E-state index is 12.2. The van der Waals surface area contributed by atoms with Crippen molar-refractivity contribution in [3.8, 4) is 5.75 Å². The fraction of sp³-hybridized carbons (Fsp3) is 0.308. The fourth-order valence-corrected chi connectivity index (χ4v) is 2.91. The number of nitrogens with one attached hydrogen (secondary N) is 1. The number of anilines is 1. The molecule has 0 aliphatic rings. The Balaban J connectivity index is 2.23. The number of aryl methyl sites for hydroxylation is 1. The molecule has 1 heterocycles. The van der Waals surface area contributed by atoms with Crippen molar-refractivity contribution in [1.29, 1.82) is 0 Å². The molecule has 5 nitrogen and oxygen atoms in total. The van der Waals surface area contributed by atoms with E-state index in [0.29, 0.717) is 9.60 Å². The van der Waals surface area contributed by atoms with Gasteiger partial charge in [-0.15, -0.1) is 10.2 Å². The zero-order valence-corrected chi connectivity index (χ0v) is 13.7. The van der Waals surface area contributed by atoms with E-state index in [-0.39, 0.29) is 17.2 Å². The molecule has 0 saturated heterocycles. The second kappa shape index (κ2) is 5.88. The number of hydrogen-bond acceptors (Lipinski definition) is 5. The molecule has 1 aromatic heterocycles. The summed E-state index contributed by atoms with van der Waals surface area (Å²) < 4.78 is 0.489. The van der Waals surface area contributed by atoms with E-state index in [1.54, 1.807) is 12.1 Å². The van der Waals surface area contributed by atoms with Gasteiger partial charge in [-0.3, -0.25) is 10.1 Å². The Kier molecular flexibility index (Phi) is 4.39. The summed E-state index contributed by atoms with van der Waals surface area (Å²) in [6.45, 7) is 5.87. The molecule has 7 heteroatoms. The Morgan fingerprint density at radius 3 is 2.70 bits per heavy atom. The molecular formula is C13H14BrN3O2S. The van der Waals surface area contributed by atoms with E-state index in [2.05, 4.69) is 31.4 Å². The number of phenolic OH excluding ortho intramolecular Hbond substituents is 1. The van der Waals surface area contributed by atoms with Gasteiger partial charge in [-0.1, -0.05) is 25.2 Å². The molecule has 0 spiro atoms. The zero-order chi connectivity index (χ0) is 14.9. The van der Waals surface area contributed by atoms with Crippen LogP contribution in [0, 0.1) is 6.92 Å². The summed E-state index contributed by atoms with van der Waals surface area (Å²) in [5.74, 6) is -0.222. The Morgan fingerprint density at radius 1 is 1.40 bits per heavy atom. The van der Waals surface area contributed by atoms with E-state index in [4.69, 9.17) is 0 Å². The first kappa shape index (κ1) is 14.9. The standard InChI is InChI=1S/C13H14BrN3O2S/c1-6(2)12-16-17-13(20-12)15-11(19)8-4-7(3)5-9(14)10(8)18/h4-6,18H,1-3H3,(H,15,17,19). The number of nitrogens with zero attached hydrogens (tertiary/aromatic N) is 2. The molecule has 0 aliphatic carbocycles. The molecule has 2 rings (SSSR count). The van der Waals surface area contributed by atoms with Crippen LogP contribution >= 0.6 is 27.3 Å². The monoisotopic (exact) mass is 355 g/mol. The molecule has 0 aliphatic heterocycles. The molecule has 1 amide bonds. The highest BCUT2D eigenvalue weighted by atomic mass is 79.9. The number of amides is 1. The molecule has 1 aromatic carbocycles. The first-order valence-electron chi connectivity index (χ1n) is 6.02. The maximum atomic E-state index is 12.2. The lowest BCUT2D eigenvalue weighted by molar-refractivity contribution is 0.102. The van der Waals surface area contributed by atoms with E-state index in [9.17, 15) is 9.90 Å². The normalized spacial score (nSPS) is 10.8. The maximum Gasteiger partial charge on any atom is 0.261 e. The van der Waals surface area contributed by atoms with Crippen molar-refractivity contribution in [1.82, 2.24) is 10.2 Å². The first-order chi connectivity index (χ1) is 9.38. The topological polar surface area (TPSA) is 75.1 Å². The van der Waals surface area contributed by atoms with Crippen LogP contribution in [-0.4, -0.2) is 21.2 Å². The highest BCUT2D eigenvalue weighted by molar-refractivity contribution is 9.10. The summed E-state index contributed by atoms with van der Waals surface area (Å²) >= 11 is 4.55. The molecule has 106 valence electrons. The van der Waals surface area contributed by atoms with Gasteiger partial charge in [0.2, 0.25) is 5.13 Å². The Labute approximate surface area is 129 Å². The fourth-order valence-electron chi connectivity index (χ4n) is 1.59. The van der Waals surface area contributed by atoms with Crippen molar-refractivity contribution >= 4 is 38.3 Å². The minimum absolute atomic E-state index is 0.0818. The molecule has 0 saturated carbocycles. The molecule has 20 heavy (non-hydrogen) atoms. The summed E-state index contributed by atoms with van der Waals surface area (Å²) in [4.78, 5) is 12.2. The number of phenols is 1. The van der Waals surface area contributed by atoms with Gasteiger partial charge in [0, 0.05) is 5.92 Å². The van der Waals surface area contributed by atoms with Gasteiger partial charge in [0.1, 0.15) is 10.8 Å². The summed E-state index contributed by atoms with van der Waals surface area (Å²) in [6, 6.07) is 3.37. The van der Waals surface area contributed by atoms with E-state index < -0.39 is 5.91 Å². The number of halogens is 1. The van der Waals surface area contributed by atoms with E-state index in [1.165, 1.54) is 11.3 Å². The van der Waals surface area contributed by atoms with E-state index >= 15 is 0 Å². The quantitative estimate of drug-likeness (QED) is 0.880. The first-order valence-corrected chi connectivity index (χ1v) is 7.63. The summed E-state index contributed by atoms with van der Waals surface area (Å²) in [5, 5.41) is 21.8. The lowest BCUT2D eigenvalue weighted by Gasteiger charge is -2.07. The third-order valence-corrected chi connectivity index (χ3v) is 4.35. The number of benzene rings is 1. The molecule has 0 atom stereocenters. The van der Waals surface area contributed by atoms with E-state index in [1.807, 2.05) is 20.8 Å². The van der Waals surface area contributed by atoms with Crippen LogP contribution in [0.25, 0.3) is 0 Å². The molecule has 2 aromatic rings. The highest BCUT2D eigenvalue weighted by Crippen LogP contribution is 2.30. The molecule has 0 radical (unpaired) electrons. The highest BCUT2D eigenvalue weighted by Gasteiger charge is 2.17. The van der Waals surface area contributed by atoms with Gasteiger partial charge in [-0.2, -0.15) is 0 Å². The molecule has 0 fully saturated rings. The average molecular weight is 356 g/mol. The third kappa shape index (κ3) is 3.16. The van der Waals surface area contributed by atoms with Gasteiger partial charge < -0.3 is 5.11 Å². The van der Waals surface area contributed by atoms with Crippen molar-refractivity contribution in [2.75, 3.05) is 5.32 Å². The SMILES string of the molecule is Cc1cc(Br)c(O)c(C(=O)Nc2nnc(C(C)C)s2)c1. The van der Waals surface area contributed by atoms with Crippen LogP contribution in [0.4, 0.5) is 5.13 Å². The largest absolute Gasteiger partial charge is 0.506 e. The van der Waals surface area contributed by atoms with Gasteiger partial charge in [-0.25, -0.2) is 0 Å². The Morgan fingerprint density at radius 2 is 2.10 bits per heavy atom. The molecule has 2 N–H and O–H groups in total. The second-order valence-electron chi connectivity index (χ2n) is 4.70. The summed E-state index contributed by atoms with van der Waals surface area (Å²) in [7, 11) is 0. The van der Waals surface area contributed by atoms with Crippen molar-refractivity contribution in [3.05, 3.63) is 32.7 Å². The lowest BCUT2D eigenvalue weighted by atomic mass is 10.1. The zero-order valence-electron chi connectivity index (χ0n) is 11.3. The minimum atomic E-state index is -0.404. The van der Waals surface area contributed by atoms with Crippen molar-refractivity contribution in [2.24, 2.45) is 0 Å². The van der Waals surface area contributed by atoms with Crippen LogP contribution in [0.1, 0.15) is 40.7 Å². The Hall–Kier alpha value is -1.47. The Bertz CT molecular complexity index is 655. The van der Waals surface area contributed by atoms with Gasteiger partial charge >= 0.3 is 0 Å². The van der Waals surface area contributed by atoms with E-state index in [0.717, 1.165) is 10.6 Å². The average Bonchev–Trinajstić information content (AvgIpc) is 2.82. The molecule has 0 bridgehead atoms. The van der Waals surface area contributed by atoms with Crippen LogP contribution in [0.2, 0.25) is 0 Å². The lowest BCUT2D eigenvalue weighted by Crippen LogP contribution is -2.12. The predicted octanol–water partition coefficient (Wildman–Crippen LogP) is 3.69. The molecule has 0 unspecified atom stereocenters. The second-order valence-corrected chi connectivity index (χ2v) is 6.56. The van der Waals surface area contributed by atoms with Crippen LogP contribution in [0.15, 0.2) is 16.6 Å². The van der Waals surface area contributed by atoms with Gasteiger partial charge in [0.05, 0.1) is 10.0 Å². The number of carbonyl (C=O) groups is 1. The van der Waals surface area contributed by atoms with Crippen LogP contribution in [-0.2, 0) is 0 Å². The van der Waals surface area contributed by atoms with Gasteiger partial charge in [0.25, 0.3) is 5.91 Å². The molecular weight excluding hydrogens is 342 g/mol. The number of aromatic hydroxyl groups is 1. The van der Waals surface area contributed by atoms with Gasteiger partial charge in [0.15, 0.2) is 0 Å². The summed E-state index contributed by atoms with van der Waals surface area (Å²) in [5.41, 5.74) is 1.08. The smallest absolute Gasteiger partial charge is 0.261 e. The van der Waals surface area contributed by atoms with Crippen LogP contribution < -0.4 is 5.32 Å². The summed E-state index contributed by atoms with van der Waals surface area (Å²) in [6.07, 6.45) is 0. The van der Waals surface area contributed by atoms with Crippen LogP contribution in [0.5, 0.6) is 5.75 Å². The number of aromatic nitrogens is 2. The van der Waals surface area contributed by atoms with Crippen molar-refractivity contribution in [2.45, 2.75) is 26.7 Å². The van der Waals surface area contributed by atoms with Crippen molar-refractivity contribution in [3.63, 3.8) is 0 Å². The minimum Gasteiger partial charge on any atom is -0.506 e. The number of carbonyl (C=O) groups excluding carboxylic acids is 1. The third-order valence-electron chi connectivity index (χ3n) is 2.61.